The molecule has 1 heterocycles. The summed E-state index contributed by atoms with van der Waals surface area (Å²) in [5.41, 5.74) is 7.89. The van der Waals surface area contributed by atoms with Crippen molar-refractivity contribution < 1.29 is 4.74 Å². The lowest BCUT2D eigenvalue weighted by atomic mass is 10.1. The van der Waals surface area contributed by atoms with E-state index in [4.69, 9.17) is 10.5 Å². The van der Waals surface area contributed by atoms with Crippen LogP contribution in [0, 0.1) is 0 Å². The van der Waals surface area contributed by atoms with E-state index in [1.165, 1.54) is 4.88 Å². The predicted octanol–water partition coefficient (Wildman–Crippen LogP) is 3.19. The van der Waals surface area contributed by atoms with Gasteiger partial charge in [0.25, 0.3) is 0 Å². The normalized spacial score (nSPS) is 12.3. The number of para-hydroxylation sites is 1. The van der Waals surface area contributed by atoms with Crippen molar-refractivity contribution >= 4 is 17.0 Å². The van der Waals surface area contributed by atoms with Crippen LogP contribution in [-0.2, 0) is 6.54 Å². The first-order valence-electron chi connectivity index (χ1n) is 5.90. The predicted molar refractivity (Wildman–Crippen MR) is 77.0 cm³/mol. The van der Waals surface area contributed by atoms with Crippen molar-refractivity contribution in [3.63, 3.8) is 0 Å². The minimum absolute atomic E-state index is 0.225. The Morgan fingerprint density at radius 2 is 2.11 bits per heavy atom. The molecule has 0 saturated heterocycles. The van der Waals surface area contributed by atoms with Crippen molar-refractivity contribution in [1.82, 2.24) is 5.32 Å². The number of methoxy groups -OCH3 is 1. The summed E-state index contributed by atoms with van der Waals surface area (Å²) in [4.78, 5) is 1.18. The van der Waals surface area contributed by atoms with Crippen molar-refractivity contribution in [3.8, 4) is 5.75 Å². The summed E-state index contributed by atoms with van der Waals surface area (Å²) < 4.78 is 5.37. The fraction of sp³-hybridized carbons (Fsp3) is 0.286. The SMILES string of the molecule is COc1ccccc1[C@@H](C)NCc1sccc1N. The summed E-state index contributed by atoms with van der Waals surface area (Å²) in [5, 5.41) is 5.48. The quantitative estimate of drug-likeness (QED) is 0.870. The van der Waals surface area contributed by atoms with Crippen LogP contribution >= 0.6 is 11.3 Å². The van der Waals surface area contributed by atoms with E-state index in [1.807, 2.05) is 29.6 Å². The number of anilines is 1. The third-order valence-corrected chi connectivity index (χ3v) is 3.89. The molecule has 0 spiro atoms. The van der Waals surface area contributed by atoms with Crippen LogP contribution in [0.1, 0.15) is 23.4 Å². The highest BCUT2D eigenvalue weighted by atomic mass is 32.1. The molecule has 2 aromatic rings. The summed E-state index contributed by atoms with van der Waals surface area (Å²) in [6.45, 7) is 2.91. The largest absolute Gasteiger partial charge is 0.496 e. The average molecular weight is 262 g/mol. The Bertz CT molecular complexity index is 510. The van der Waals surface area contributed by atoms with E-state index in [0.29, 0.717) is 0 Å². The molecule has 0 aliphatic heterocycles. The summed E-state index contributed by atoms with van der Waals surface area (Å²) in [5.74, 6) is 0.914. The van der Waals surface area contributed by atoms with Crippen LogP contribution < -0.4 is 15.8 Å². The second kappa shape index (κ2) is 5.89. The molecule has 4 heteroatoms. The van der Waals surface area contributed by atoms with Crippen molar-refractivity contribution in [3.05, 3.63) is 46.2 Å². The Morgan fingerprint density at radius 3 is 2.78 bits per heavy atom. The van der Waals surface area contributed by atoms with Crippen molar-refractivity contribution in [2.45, 2.75) is 19.5 Å². The third-order valence-electron chi connectivity index (χ3n) is 2.95. The molecule has 1 atom stereocenters. The van der Waals surface area contributed by atoms with Gasteiger partial charge < -0.3 is 15.8 Å². The number of nitrogens with one attached hydrogen (secondary N) is 1. The highest BCUT2D eigenvalue weighted by Crippen LogP contribution is 2.25. The van der Waals surface area contributed by atoms with Gasteiger partial charge >= 0.3 is 0 Å². The summed E-state index contributed by atoms with van der Waals surface area (Å²) in [6.07, 6.45) is 0. The van der Waals surface area contributed by atoms with E-state index in [2.05, 4.69) is 18.3 Å². The molecule has 0 unspecified atom stereocenters. The van der Waals surface area contributed by atoms with Gasteiger partial charge in [-0.1, -0.05) is 18.2 Å². The zero-order valence-electron chi connectivity index (χ0n) is 10.6. The lowest BCUT2D eigenvalue weighted by Crippen LogP contribution is -2.18. The Kier molecular flexibility index (Phi) is 4.23. The minimum Gasteiger partial charge on any atom is -0.496 e. The molecule has 2 rings (SSSR count). The number of nitrogens with two attached hydrogens (primary N) is 1. The van der Waals surface area contributed by atoms with Crippen LogP contribution in [0.15, 0.2) is 35.7 Å². The first-order valence-corrected chi connectivity index (χ1v) is 6.78. The number of nitrogen functional groups attached to an aromatic ring is 1. The zero-order valence-corrected chi connectivity index (χ0v) is 11.5. The molecule has 0 aliphatic rings. The monoisotopic (exact) mass is 262 g/mol. The van der Waals surface area contributed by atoms with Gasteiger partial charge in [0, 0.05) is 28.7 Å². The molecule has 0 saturated carbocycles. The second-order valence-electron chi connectivity index (χ2n) is 4.14. The molecule has 3 N–H and O–H groups in total. The van der Waals surface area contributed by atoms with E-state index in [9.17, 15) is 0 Å². The van der Waals surface area contributed by atoms with Gasteiger partial charge in [-0.25, -0.2) is 0 Å². The summed E-state index contributed by atoms with van der Waals surface area (Å²) in [6, 6.07) is 10.2. The van der Waals surface area contributed by atoms with Crippen molar-refractivity contribution in [2.24, 2.45) is 0 Å². The lowest BCUT2D eigenvalue weighted by molar-refractivity contribution is 0.401. The first kappa shape index (κ1) is 12.9. The van der Waals surface area contributed by atoms with E-state index in [1.54, 1.807) is 18.4 Å². The molecule has 0 fully saturated rings. The molecule has 0 radical (unpaired) electrons. The number of benzene rings is 1. The van der Waals surface area contributed by atoms with Crippen LogP contribution in [0.4, 0.5) is 5.69 Å². The Labute approximate surface area is 112 Å². The van der Waals surface area contributed by atoms with Crippen LogP contribution in [0.3, 0.4) is 0 Å². The van der Waals surface area contributed by atoms with Gasteiger partial charge in [-0.05, 0) is 24.4 Å². The fourth-order valence-electron chi connectivity index (χ4n) is 1.87. The lowest BCUT2D eigenvalue weighted by Gasteiger charge is -2.17. The number of rotatable bonds is 5. The van der Waals surface area contributed by atoms with Crippen LogP contribution in [0.25, 0.3) is 0 Å². The van der Waals surface area contributed by atoms with Crippen molar-refractivity contribution in [1.29, 1.82) is 0 Å². The maximum atomic E-state index is 5.87. The first-order chi connectivity index (χ1) is 8.72. The van der Waals surface area contributed by atoms with E-state index in [-0.39, 0.29) is 6.04 Å². The third kappa shape index (κ3) is 2.83. The molecule has 3 nitrogen and oxygen atoms in total. The Morgan fingerprint density at radius 1 is 1.33 bits per heavy atom. The molecule has 0 amide bonds. The number of thiophene rings is 1. The minimum atomic E-state index is 0.225. The summed E-state index contributed by atoms with van der Waals surface area (Å²) >= 11 is 1.68. The van der Waals surface area contributed by atoms with Gasteiger partial charge in [0.1, 0.15) is 5.75 Å². The molecule has 1 aromatic heterocycles. The van der Waals surface area contributed by atoms with Gasteiger partial charge in [-0.3, -0.25) is 0 Å². The zero-order chi connectivity index (χ0) is 13.0. The Balaban J connectivity index is 2.03. The molecular weight excluding hydrogens is 244 g/mol. The molecule has 0 aliphatic carbocycles. The van der Waals surface area contributed by atoms with E-state index in [0.717, 1.165) is 23.5 Å². The molecule has 18 heavy (non-hydrogen) atoms. The molecule has 1 aromatic carbocycles. The summed E-state index contributed by atoms with van der Waals surface area (Å²) in [7, 11) is 1.70. The Hall–Kier alpha value is -1.52. The van der Waals surface area contributed by atoms with Crippen LogP contribution in [-0.4, -0.2) is 7.11 Å². The number of ether oxygens (including phenoxy) is 1. The van der Waals surface area contributed by atoms with E-state index >= 15 is 0 Å². The standard InChI is InChI=1S/C14H18N2OS/c1-10(11-5-3-4-6-13(11)17-2)16-9-14-12(15)7-8-18-14/h3-8,10,16H,9,15H2,1-2H3/t10-/m1/s1. The molecule has 96 valence electrons. The van der Waals surface area contributed by atoms with Gasteiger partial charge in [0.15, 0.2) is 0 Å². The molecule has 0 bridgehead atoms. The van der Waals surface area contributed by atoms with Gasteiger partial charge in [0.05, 0.1) is 7.11 Å². The average Bonchev–Trinajstić information content (AvgIpc) is 2.81. The fourth-order valence-corrected chi connectivity index (χ4v) is 2.62. The van der Waals surface area contributed by atoms with Gasteiger partial charge in [-0.2, -0.15) is 0 Å². The number of hydrogen-bond acceptors (Lipinski definition) is 4. The highest BCUT2D eigenvalue weighted by Gasteiger charge is 2.11. The maximum Gasteiger partial charge on any atom is 0.123 e. The van der Waals surface area contributed by atoms with Crippen molar-refractivity contribution in [2.75, 3.05) is 12.8 Å². The van der Waals surface area contributed by atoms with E-state index < -0.39 is 0 Å². The number of hydrogen-bond donors (Lipinski definition) is 2. The highest BCUT2D eigenvalue weighted by molar-refractivity contribution is 7.10. The topological polar surface area (TPSA) is 47.3 Å². The maximum absolute atomic E-state index is 5.87. The smallest absolute Gasteiger partial charge is 0.123 e. The second-order valence-corrected chi connectivity index (χ2v) is 5.14. The van der Waals surface area contributed by atoms with Gasteiger partial charge in [-0.15, -0.1) is 11.3 Å². The van der Waals surface area contributed by atoms with Crippen LogP contribution in [0.5, 0.6) is 5.75 Å². The molecular formula is C14H18N2OS. The van der Waals surface area contributed by atoms with Gasteiger partial charge in [0.2, 0.25) is 0 Å². The van der Waals surface area contributed by atoms with Crippen LogP contribution in [0.2, 0.25) is 0 Å².